The number of benzene rings is 2. The Morgan fingerprint density at radius 2 is 1.66 bits per heavy atom. The maximum absolute atomic E-state index is 12.9. The van der Waals surface area contributed by atoms with Gasteiger partial charge in [-0.25, -0.2) is 8.42 Å². The molecule has 32 heavy (non-hydrogen) atoms. The van der Waals surface area contributed by atoms with Gasteiger partial charge in [-0.1, -0.05) is 12.1 Å². The van der Waals surface area contributed by atoms with Crippen LogP contribution in [0.25, 0.3) is 0 Å². The van der Waals surface area contributed by atoms with Crippen molar-refractivity contribution in [3.8, 4) is 0 Å². The van der Waals surface area contributed by atoms with E-state index < -0.39 is 21.8 Å². The van der Waals surface area contributed by atoms with E-state index in [1.54, 1.807) is 6.07 Å². The second-order valence-electron chi connectivity index (χ2n) is 7.43. The second kappa shape index (κ2) is 8.59. The van der Waals surface area contributed by atoms with Crippen molar-refractivity contribution in [1.82, 2.24) is 0 Å². The molecule has 5 nitrogen and oxygen atoms in total. The number of fused-ring (bicyclic) bond motifs is 1. The van der Waals surface area contributed by atoms with Crippen LogP contribution >= 0.6 is 11.3 Å². The van der Waals surface area contributed by atoms with Gasteiger partial charge in [-0.15, -0.1) is 11.3 Å². The van der Waals surface area contributed by atoms with Crippen molar-refractivity contribution in [2.75, 3.05) is 10.0 Å². The summed E-state index contributed by atoms with van der Waals surface area (Å²) in [5.74, 6) is -0.329. The zero-order valence-corrected chi connectivity index (χ0v) is 18.3. The van der Waals surface area contributed by atoms with E-state index in [9.17, 15) is 26.4 Å². The first-order valence-corrected chi connectivity index (χ1v) is 12.1. The standard InChI is InChI=1S/C22H19F3N2O3S2/c23-22(24,25)15-6-3-8-17(12-15)27-32(29,30)18-9-4-7-16(13-18)26-21(28)20-11-14-5-1-2-10-19(14)31-20/h3-4,6-9,11-13,27H,1-2,5,10H2,(H,26,28). The molecule has 2 N–H and O–H groups in total. The number of rotatable bonds is 5. The molecule has 4 rings (SSSR count). The number of alkyl halides is 3. The Kier molecular flexibility index (Phi) is 6.00. The van der Waals surface area contributed by atoms with Crippen LogP contribution in [0.5, 0.6) is 0 Å². The van der Waals surface area contributed by atoms with E-state index in [0.717, 1.165) is 43.9 Å². The summed E-state index contributed by atoms with van der Waals surface area (Å²) < 4.78 is 66.2. The lowest BCUT2D eigenvalue weighted by atomic mass is 9.99. The molecule has 1 aliphatic carbocycles. The van der Waals surface area contributed by atoms with Gasteiger partial charge >= 0.3 is 6.18 Å². The number of halogens is 3. The Morgan fingerprint density at radius 3 is 2.41 bits per heavy atom. The number of thiophene rings is 1. The number of anilines is 2. The highest BCUT2D eigenvalue weighted by molar-refractivity contribution is 7.92. The van der Waals surface area contributed by atoms with Crippen molar-refractivity contribution < 1.29 is 26.4 Å². The molecule has 0 aliphatic heterocycles. The highest BCUT2D eigenvalue weighted by Gasteiger charge is 2.30. The maximum atomic E-state index is 12.9. The molecule has 1 aliphatic rings. The summed E-state index contributed by atoms with van der Waals surface area (Å²) in [6, 6.07) is 11.4. The zero-order chi connectivity index (χ0) is 22.9. The van der Waals surface area contributed by atoms with E-state index in [-0.39, 0.29) is 22.2 Å². The van der Waals surface area contributed by atoms with Crippen molar-refractivity contribution in [2.24, 2.45) is 0 Å². The predicted octanol–water partition coefficient (Wildman–Crippen LogP) is 5.70. The Labute approximate surface area is 187 Å². The number of aryl methyl sites for hydroxylation is 2. The minimum Gasteiger partial charge on any atom is -0.321 e. The average molecular weight is 481 g/mol. The van der Waals surface area contributed by atoms with Crippen LogP contribution in [0.1, 0.15) is 38.5 Å². The van der Waals surface area contributed by atoms with Crippen LogP contribution in [-0.4, -0.2) is 14.3 Å². The summed E-state index contributed by atoms with van der Waals surface area (Å²) in [6.45, 7) is 0. The van der Waals surface area contributed by atoms with Crippen LogP contribution < -0.4 is 10.0 Å². The molecule has 168 valence electrons. The monoisotopic (exact) mass is 480 g/mol. The van der Waals surface area contributed by atoms with Crippen LogP contribution in [0, 0.1) is 0 Å². The molecular weight excluding hydrogens is 461 g/mol. The van der Waals surface area contributed by atoms with Crippen LogP contribution in [0.3, 0.4) is 0 Å². The summed E-state index contributed by atoms with van der Waals surface area (Å²) in [4.78, 5) is 14.2. The van der Waals surface area contributed by atoms with E-state index in [2.05, 4.69) is 10.0 Å². The number of carbonyl (C=O) groups is 1. The van der Waals surface area contributed by atoms with Crippen LogP contribution in [0.15, 0.2) is 59.5 Å². The number of hydrogen-bond donors (Lipinski definition) is 2. The third kappa shape index (κ3) is 4.97. The molecule has 1 aromatic heterocycles. The van der Waals surface area contributed by atoms with Crippen molar-refractivity contribution >= 4 is 38.6 Å². The lowest BCUT2D eigenvalue weighted by Crippen LogP contribution is -2.15. The van der Waals surface area contributed by atoms with E-state index in [0.29, 0.717) is 4.88 Å². The minimum atomic E-state index is -4.59. The summed E-state index contributed by atoms with van der Waals surface area (Å²) >= 11 is 1.44. The van der Waals surface area contributed by atoms with Gasteiger partial charge in [-0.05, 0) is 73.7 Å². The lowest BCUT2D eigenvalue weighted by Gasteiger charge is -2.12. The molecule has 0 atom stereocenters. The highest BCUT2D eigenvalue weighted by Crippen LogP contribution is 2.32. The van der Waals surface area contributed by atoms with Gasteiger partial charge < -0.3 is 5.32 Å². The molecule has 3 aromatic rings. The summed E-state index contributed by atoms with van der Waals surface area (Å²) in [6.07, 6.45) is -0.472. The van der Waals surface area contributed by atoms with Gasteiger partial charge in [-0.2, -0.15) is 13.2 Å². The molecule has 1 amide bonds. The third-order valence-electron chi connectivity index (χ3n) is 5.06. The smallest absolute Gasteiger partial charge is 0.321 e. The van der Waals surface area contributed by atoms with Crippen molar-refractivity contribution in [2.45, 2.75) is 36.8 Å². The Bertz CT molecular complexity index is 1240. The highest BCUT2D eigenvalue weighted by atomic mass is 32.2. The summed E-state index contributed by atoms with van der Waals surface area (Å²) in [5, 5.41) is 2.70. The molecule has 2 aromatic carbocycles. The fourth-order valence-electron chi connectivity index (χ4n) is 3.51. The normalized spacial score (nSPS) is 14.0. The van der Waals surface area contributed by atoms with Gasteiger partial charge in [-0.3, -0.25) is 9.52 Å². The lowest BCUT2D eigenvalue weighted by molar-refractivity contribution is -0.137. The van der Waals surface area contributed by atoms with Gasteiger partial charge in [0, 0.05) is 16.3 Å². The summed E-state index contributed by atoms with van der Waals surface area (Å²) in [5.41, 5.74) is 0.289. The van der Waals surface area contributed by atoms with Crippen LogP contribution in [0.2, 0.25) is 0 Å². The number of hydrogen-bond acceptors (Lipinski definition) is 4. The molecule has 0 bridgehead atoms. The van der Waals surface area contributed by atoms with Gasteiger partial charge in [0.15, 0.2) is 0 Å². The Morgan fingerprint density at radius 1 is 0.938 bits per heavy atom. The van der Waals surface area contributed by atoms with E-state index >= 15 is 0 Å². The van der Waals surface area contributed by atoms with Crippen molar-refractivity contribution in [3.63, 3.8) is 0 Å². The number of sulfonamides is 1. The largest absolute Gasteiger partial charge is 0.416 e. The second-order valence-corrected chi connectivity index (χ2v) is 10.3. The SMILES string of the molecule is O=C(Nc1cccc(S(=O)(=O)Nc2cccc(C(F)(F)F)c2)c1)c1cc2c(s1)CCCC2. The molecule has 10 heteroatoms. The topological polar surface area (TPSA) is 75.3 Å². The van der Waals surface area contributed by atoms with E-state index in [1.165, 1.54) is 46.0 Å². The predicted molar refractivity (Wildman–Crippen MR) is 118 cm³/mol. The minimum absolute atomic E-state index is 0.182. The molecule has 0 unspecified atom stereocenters. The molecular formula is C22H19F3N2O3S2. The van der Waals surface area contributed by atoms with Gasteiger partial charge in [0.25, 0.3) is 15.9 Å². The first kappa shape index (κ1) is 22.3. The molecule has 0 spiro atoms. The Hall–Kier alpha value is -2.85. The summed E-state index contributed by atoms with van der Waals surface area (Å²) in [7, 11) is -4.17. The molecule has 0 radical (unpaired) electrons. The Balaban J connectivity index is 1.52. The first-order chi connectivity index (χ1) is 15.1. The number of carbonyl (C=O) groups excluding carboxylic acids is 1. The van der Waals surface area contributed by atoms with E-state index in [4.69, 9.17) is 0 Å². The quantitative estimate of drug-likeness (QED) is 0.492. The number of amides is 1. The molecule has 1 heterocycles. The zero-order valence-electron chi connectivity index (χ0n) is 16.7. The fraction of sp³-hybridized carbons (Fsp3) is 0.227. The van der Waals surface area contributed by atoms with Gasteiger partial charge in [0.2, 0.25) is 0 Å². The van der Waals surface area contributed by atoms with Gasteiger partial charge in [0.1, 0.15) is 0 Å². The number of nitrogens with one attached hydrogen (secondary N) is 2. The first-order valence-electron chi connectivity index (χ1n) is 9.85. The van der Waals surface area contributed by atoms with E-state index in [1.807, 2.05) is 6.07 Å². The van der Waals surface area contributed by atoms with Crippen molar-refractivity contribution in [1.29, 1.82) is 0 Å². The maximum Gasteiger partial charge on any atom is 0.416 e. The van der Waals surface area contributed by atoms with Crippen molar-refractivity contribution in [3.05, 3.63) is 75.5 Å². The van der Waals surface area contributed by atoms with Crippen LogP contribution in [-0.2, 0) is 29.0 Å². The molecule has 0 saturated heterocycles. The average Bonchev–Trinajstić information content (AvgIpc) is 3.18. The van der Waals surface area contributed by atoms with Crippen LogP contribution in [0.4, 0.5) is 24.5 Å². The third-order valence-corrected chi connectivity index (χ3v) is 7.68. The van der Waals surface area contributed by atoms with Gasteiger partial charge in [0.05, 0.1) is 15.3 Å². The fourth-order valence-corrected chi connectivity index (χ4v) is 5.75. The molecule has 0 saturated carbocycles. The molecule has 0 fully saturated rings.